The lowest BCUT2D eigenvalue weighted by Crippen LogP contribution is -2.16. The van der Waals surface area contributed by atoms with E-state index in [1.807, 2.05) is 12.1 Å². The van der Waals surface area contributed by atoms with Crippen LogP contribution in [0.15, 0.2) is 132 Å². The lowest BCUT2D eigenvalue weighted by molar-refractivity contribution is 0.662. The fourth-order valence-electron chi connectivity index (χ4n) is 7.89. The lowest BCUT2D eigenvalue weighted by atomic mass is 9.79. The van der Waals surface area contributed by atoms with E-state index in [0.717, 1.165) is 65.9 Å². The van der Waals surface area contributed by atoms with Gasteiger partial charge in [0.25, 0.3) is 0 Å². The van der Waals surface area contributed by atoms with Gasteiger partial charge < -0.3 is 4.42 Å². The molecule has 6 aromatic carbocycles. The fourth-order valence-corrected chi connectivity index (χ4v) is 7.89. The van der Waals surface area contributed by atoms with Crippen LogP contribution < -0.4 is 0 Å². The van der Waals surface area contributed by atoms with Gasteiger partial charge in [0, 0.05) is 32.5 Å². The molecule has 3 heterocycles. The van der Waals surface area contributed by atoms with E-state index in [2.05, 4.69) is 134 Å². The van der Waals surface area contributed by atoms with Crippen LogP contribution in [0, 0.1) is 0 Å². The second-order valence-electron chi connectivity index (χ2n) is 12.6. The molecule has 0 radical (unpaired) electrons. The van der Waals surface area contributed by atoms with Crippen molar-refractivity contribution >= 4 is 54.6 Å². The van der Waals surface area contributed by atoms with Gasteiger partial charge in [-0.25, -0.2) is 9.97 Å². The zero-order valence-electron chi connectivity index (χ0n) is 24.9. The van der Waals surface area contributed by atoms with Crippen molar-refractivity contribution in [3.8, 4) is 28.3 Å². The molecule has 0 fully saturated rings. The first kappa shape index (κ1) is 24.7. The van der Waals surface area contributed by atoms with Gasteiger partial charge >= 0.3 is 0 Å². The number of nitrogens with zero attached hydrogens (tertiary/aromatic N) is 3. The van der Waals surface area contributed by atoms with Gasteiger partial charge in [-0.1, -0.05) is 111 Å². The number of furan rings is 1. The van der Waals surface area contributed by atoms with Gasteiger partial charge in [-0.05, 0) is 52.6 Å². The Morgan fingerprint density at radius 2 is 1.27 bits per heavy atom. The number of fused-ring (bicyclic) bond motifs is 11. The summed E-state index contributed by atoms with van der Waals surface area (Å²) in [7, 11) is 0. The van der Waals surface area contributed by atoms with Crippen molar-refractivity contribution in [3.63, 3.8) is 0 Å². The highest BCUT2D eigenvalue weighted by molar-refractivity contribution is 6.24. The molecule has 4 heteroatoms. The Kier molecular flexibility index (Phi) is 4.76. The largest absolute Gasteiger partial charge is 0.456 e. The normalized spacial score (nSPS) is 13.7. The number of para-hydroxylation sites is 3. The van der Waals surface area contributed by atoms with Crippen LogP contribution in [0.3, 0.4) is 0 Å². The van der Waals surface area contributed by atoms with Gasteiger partial charge in [0.2, 0.25) is 5.95 Å². The third kappa shape index (κ3) is 3.21. The minimum absolute atomic E-state index is 0.177. The monoisotopic (exact) mass is 577 g/mol. The number of hydrogen-bond donors (Lipinski definition) is 0. The van der Waals surface area contributed by atoms with E-state index in [9.17, 15) is 0 Å². The van der Waals surface area contributed by atoms with E-state index >= 15 is 0 Å². The quantitative estimate of drug-likeness (QED) is 0.205. The Hall–Kier alpha value is -5.74. The summed E-state index contributed by atoms with van der Waals surface area (Å²) in [5.74, 6) is 0.651. The van der Waals surface area contributed by atoms with Crippen LogP contribution in [-0.2, 0) is 5.41 Å². The molecule has 0 bridgehead atoms. The highest BCUT2D eigenvalue weighted by atomic mass is 16.3. The molecular weight excluding hydrogens is 550 g/mol. The molecule has 0 unspecified atom stereocenters. The van der Waals surface area contributed by atoms with Crippen molar-refractivity contribution in [2.75, 3.05) is 0 Å². The minimum atomic E-state index is -0.177. The number of benzene rings is 6. The Morgan fingerprint density at radius 1 is 0.556 bits per heavy atom. The zero-order chi connectivity index (χ0) is 29.9. The third-order valence-corrected chi connectivity index (χ3v) is 9.80. The Bertz CT molecular complexity index is 2690. The molecule has 1 aliphatic rings. The summed E-state index contributed by atoms with van der Waals surface area (Å²) in [6.07, 6.45) is 0. The van der Waals surface area contributed by atoms with Gasteiger partial charge in [0.15, 0.2) is 0 Å². The van der Waals surface area contributed by atoms with Crippen LogP contribution in [0.1, 0.15) is 25.0 Å². The molecule has 0 N–H and O–H groups in total. The topological polar surface area (TPSA) is 43.9 Å². The van der Waals surface area contributed by atoms with Crippen molar-refractivity contribution < 1.29 is 4.42 Å². The lowest BCUT2D eigenvalue weighted by Gasteiger charge is -2.24. The molecule has 0 spiro atoms. The van der Waals surface area contributed by atoms with Crippen LogP contribution in [0.2, 0.25) is 0 Å². The SMILES string of the molecule is CC1(C)c2ccccc2-c2cccc(-c3nc(-n4c5ccccc5c5ccc6oc7ccccc7c6c54)nc4ccccc34)c21. The highest BCUT2D eigenvalue weighted by Gasteiger charge is 2.38. The van der Waals surface area contributed by atoms with Crippen molar-refractivity contribution in [3.05, 3.63) is 139 Å². The average molecular weight is 578 g/mol. The second-order valence-corrected chi connectivity index (χ2v) is 12.6. The minimum Gasteiger partial charge on any atom is -0.456 e. The summed E-state index contributed by atoms with van der Waals surface area (Å²) in [5.41, 5.74) is 11.9. The molecule has 0 saturated carbocycles. The van der Waals surface area contributed by atoms with Crippen LogP contribution in [0.25, 0.3) is 83.0 Å². The fraction of sp³-hybridized carbons (Fsp3) is 0.0732. The molecular formula is C41H27N3O. The van der Waals surface area contributed by atoms with E-state index in [0.29, 0.717) is 5.95 Å². The maximum atomic E-state index is 6.36. The van der Waals surface area contributed by atoms with E-state index in [1.165, 1.54) is 22.3 Å². The summed E-state index contributed by atoms with van der Waals surface area (Å²) < 4.78 is 8.60. The van der Waals surface area contributed by atoms with E-state index in [1.54, 1.807) is 0 Å². The van der Waals surface area contributed by atoms with E-state index in [4.69, 9.17) is 14.4 Å². The van der Waals surface area contributed by atoms with Crippen LogP contribution in [0.5, 0.6) is 0 Å². The zero-order valence-corrected chi connectivity index (χ0v) is 24.9. The molecule has 0 saturated heterocycles. The third-order valence-electron chi connectivity index (χ3n) is 9.80. The first-order chi connectivity index (χ1) is 22.1. The summed E-state index contributed by atoms with van der Waals surface area (Å²) in [5, 5.41) is 5.52. The van der Waals surface area contributed by atoms with Crippen molar-refractivity contribution in [2.45, 2.75) is 19.3 Å². The maximum Gasteiger partial charge on any atom is 0.235 e. The Balaban J connectivity index is 1.35. The number of hydrogen-bond acceptors (Lipinski definition) is 3. The van der Waals surface area contributed by atoms with Gasteiger partial charge in [-0.15, -0.1) is 0 Å². The summed E-state index contributed by atoms with van der Waals surface area (Å²) >= 11 is 0. The predicted octanol–water partition coefficient (Wildman–Crippen LogP) is 10.6. The predicted molar refractivity (Wildman–Crippen MR) is 184 cm³/mol. The number of aromatic nitrogens is 3. The van der Waals surface area contributed by atoms with Crippen LogP contribution in [0.4, 0.5) is 0 Å². The van der Waals surface area contributed by atoms with Crippen LogP contribution in [-0.4, -0.2) is 14.5 Å². The molecule has 212 valence electrons. The molecule has 0 atom stereocenters. The standard InChI is InChI=1S/C41H27N3O/c1-41(2)31-18-7-3-12-24(31)26-16-11-17-30(37(26)41)38-28-14-4-8-19-32(28)42-40(43-38)44-33-20-9-5-13-25(33)27-22-23-35-36(39(27)44)29-15-6-10-21-34(29)45-35/h3-23H,1-2H3. The maximum absolute atomic E-state index is 6.36. The number of rotatable bonds is 2. The molecule has 0 aliphatic heterocycles. The summed E-state index contributed by atoms with van der Waals surface area (Å²) in [6, 6.07) is 44.9. The van der Waals surface area contributed by atoms with Gasteiger partial charge in [0.1, 0.15) is 11.2 Å². The smallest absolute Gasteiger partial charge is 0.235 e. The Morgan fingerprint density at radius 3 is 2.18 bits per heavy atom. The molecule has 10 rings (SSSR count). The van der Waals surface area contributed by atoms with E-state index in [-0.39, 0.29) is 5.41 Å². The van der Waals surface area contributed by atoms with Crippen LogP contribution >= 0.6 is 0 Å². The summed E-state index contributed by atoms with van der Waals surface area (Å²) in [4.78, 5) is 10.8. The summed E-state index contributed by atoms with van der Waals surface area (Å²) in [6.45, 7) is 4.67. The first-order valence-corrected chi connectivity index (χ1v) is 15.4. The van der Waals surface area contributed by atoms with Gasteiger partial charge in [-0.3, -0.25) is 4.57 Å². The van der Waals surface area contributed by atoms with Gasteiger partial charge in [-0.2, -0.15) is 0 Å². The van der Waals surface area contributed by atoms with E-state index < -0.39 is 0 Å². The average Bonchev–Trinajstić information content (AvgIpc) is 3.70. The van der Waals surface area contributed by atoms with Crippen molar-refractivity contribution in [2.24, 2.45) is 0 Å². The Labute approximate surface area is 259 Å². The second kappa shape index (κ2) is 8.67. The molecule has 1 aliphatic carbocycles. The molecule has 0 amide bonds. The highest BCUT2D eigenvalue weighted by Crippen LogP contribution is 2.52. The molecule has 3 aromatic heterocycles. The van der Waals surface area contributed by atoms with Crippen molar-refractivity contribution in [1.29, 1.82) is 0 Å². The van der Waals surface area contributed by atoms with Crippen molar-refractivity contribution in [1.82, 2.24) is 14.5 Å². The molecule has 45 heavy (non-hydrogen) atoms. The molecule has 9 aromatic rings. The van der Waals surface area contributed by atoms with Gasteiger partial charge in [0.05, 0.1) is 27.6 Å². The molecule has 4 nitrogen and oxygen atoms in total. The first-order valence-electron chi connectivity index (χ1n) is 15.4.